The third-order valence-electron chi connectivity index (χ3n) is 4.28. The van der Waals surface area contributed by atoms with Crippen molar-refractivity contribution < 1.29 is 13.2 Å². The Kier molecular flexibility index (Phi) is 4.55. The van der Waals surface area contributed by atoms with Gasteiger partial charge in [0.05, 0.1) is 16.7 Å². The number of sulfone groups is 1. The monoisotopic (exact) mass is 349 g/mol. The van der Waals surface area contributed by atoms with Crippen molar-refractivity contribution in [3.05, 3.63) is 52.2 Å². The van der Waals surface area contributed by atoms with Crippen LogP contribution in [0, 0.1) is 0 Å². The van der Waals surface area contributed by atoms with E-state index in [1.54, 1.807) is 30.4 Å². The van der Waals surface area contributed by atoms with Gasteiger partial charge in [-0.25, -0.2) is 8.42 Å². The van der Waals surface area contributed by atoms with Crippen molar-refractivity contribution in [3.63, 3.8) is 0 Å². The van der Waals surface area contributed by atoms with Crippen molar-refractivity contribution >= 4 is 27.1 Å². The van der Waals surface area contributed by atoms with Gasteiger partial charge in [-0.15, -0.1) is 0 Å². The van der Waals surface area contributed by atoms with Crippen LogP contribution in [0.1, 0.15) is 41.7 Å². The number of carbonyl (C=O) groups excluding carboxylic acids is 1. The summed E-state index contributed by atoms with van der Waals surface area (Å²) in [6.45, 7) is 2.36. The fraction of sp³-hybridized carbons (Fsp3) is 0.353. The molecule has 1 atom stereocenters. The number of carbonyl (C=O) groups is 1. The Morgan fingerprint density at radius 2 is 2.00 bits per heavy atom. The van der Waals surface area contributed by atoms with Crippen LogP contribution >= 0.6 is 11.3 Å². The minimum Gasteiger partial charge on any atom is -0.332 e. The summed E-state index contributed by atoms with van der Waals surface area (Å²) in [5.41, 5.74) is 1.73. The van der Waals surface area contributed by atoms with Gasteiger partial charge in [0.1, 0.15) is 0 Å². The average molecular weight is 349 g/mol. The van der Waals surface area contributed by atoms with E-state index in [1.165, 1.54) is 17.7 Å². The van der Waals surface area contributed by atoms with Crippen LogP contribution in [0.2, 0.25) is 0 Å². The molecule has 0 N–H and O–H groups in total. The third kappa shape index (κ3) is 3.19. The highest BCUT2D eigenvalue weighted by Gasteiger charge is 2.30. The Morgan fingerprint density at radius 1 is 1.26 bits per heavy atom. The second-order valence-corrected chi connectivity index (χ2v) is 8.70. The van der Waals surface area contributed by atoms with Gasteiger partial charge in [-0.05, 0) is 59.5 Å². The van der Waals surface area contributed by atoms with Gasteiger partial charge in [0.25, 0.3) is 5.91 Å². The maximum atomic E-state index is 12.8. The van der Waals surface area contributed by atoms with Crippen molar-refractivity contribution in [2.45, 2.75) is 30.7 Å². The number of thiophene rings is 1. The van der Waals surface area contributed by atoms with Crippen molar-refractivity contribution in [2.24, 2.45) is 0 Å². The molecule has 1 aliphatic heterocycles. The third-order valence-corrected chi connectivity index (χ3v) is 6.73. The molecule has 0 radical (unpaired) electrons. The van der Waals surface area contributed by atoms with Gasteiger partial charge in [-0.2, -0.15) is 11.3 Å². The van der Waals surface area contributed by atoms with Crippen LogP contribution in [0.4, 0.5) is 0 Å². The first-order valence-electron chi connectivity index (χ1n) is 7.69. The zero-order valence-electron chi connectivity index (χ0n) is 12.9. The molecule has 1 saturated heterocycles. The molecule has 1 amide bonds. The highest BCUT2D eigenvalue weighted by Crippen LogP contribution is 2.34. The molecular weight excluding hydrogens is 330 g/mol. The highest BCUT2D eigenvalue weighted by molar-refractivity contribution is 7.91. The Morgan fingerprint density at radius 3 is 2.61 bits per heavy atom. The van der Waals surface area contributed by atoms with Crippen LogP contribution in [0.25, 0.3) is 0 Å². The second-order valence-electron chi connectivity index (χ2n) is 5.64. The average Bonchev–Trinajstić information content (AvgIpc) is 3.25. The Hall–Kier alpha value is -1.66. The molecule has 3 rings (SSSR count). The minimum absolute atomic E-state index is 0.0286. The molecule has 1 aliphatic rings. The Labute approximate surface area is 140 Å². The summed E-state index contributed by atoms with van der Waals surface area (Å²) in [5, 5.41) is 4.12. The van der Waals surface area contributed by atoms with E-state index in [0.29, 0.717) is 5.56 Å². The number of nitrogens with zero attached hydrogens (tertiary/aromatic N) is 1. The van der Waals surface area contributed by atoms with Gasteiger partial charge in [0.15, 0.2) is 9.84 Å². The number of likely N-dealkylation sites (tertiary alicyclic amines) is 1. The van der Waals surface area contributed by atoms with Crippen LogP contribution < -0.4 is 0 Å². The first-order chi connectivity index (χ1) is 11.0. The lowest BCUT2D eigenvalue weighted by molar-refractivity contribution is 0.0736. The summed E-state index contributed by atoms with van der Waals surface area (Å²) >= 11 is 1.64. The Balaban J connectivity index is 1.83. The molecule has 0 aliphatic carbocycles. The van der Waals surface area contributed by atoms with Crippen molar-refractivity contribution in [1.29, 1.82) is 0 Å². The summed E-state index contributed by atoms with van der Waals surface area (Å²) in [6.07, 6.45) is 1.97. The Bertz CT molecular complexity index is 780. The molecular formula is C17H19NO3S2. The van der Waals surface area contributed by atoms with Crippen LogP contribution in [0.15, 0.2) is 46.0 Å². The van der Waals surface area contributed by atoms with Crippen LogP contribution in [0.5, 0.6) is 0 Å². The first kappa shape index (κ1) is 16.2. The van der Waals surface area contributed by atoms with E-state index in [4.69, 9.17) is 0 Å². The minimum atomic E-state index is -3.23. The van der Waals surface area contributed by atoms with E-state index in [-0.39, 0.29) is 22.6 Å². The normalized spacial score (nSPS) is 18.3. The van der Waals surface area contributed by atoms with Gasteiger partial charge in [0, 0.05) is 12.1 Å². The molecule has 23 heavy (non-hydrogen) atoms. The number of amides is 1. The van der Waals surface area contributed by atoms with Crippen molar-refractivity contribution in [1.82, 2.24) is 4.90 Å². The van der Waals surface area contributed by atoms with Crippen LogP contribution in [-0.2, 0) is 9.84 Å². The summed E-state index contributed by atoms with van der Waals surface area (Å²) in [7, 11) is -3.23. The quantitative estimate of drug-likeness (QED) is 0.849. The summed E-state index contributed by atoms with van der Waals surface area (Å²) in [4.78, 5) is 14.9. The predicted molar refractivity (Wildman–Crippen MR) is 91.5 cm³/mol. The molecule has 1 unspecified atom stereocenters. The fourth-order valence-electron chi connectivity index (χ4n) is 2.96. The van der Waals surface area contributed by atoms with E-state index in [0.717, 1.165) is 19.4 Å². The van der Waals surface area contributed by atoms with Crippen molar-refractivity contribution in [2.75, 3.05) is 12.3 Å². The zero-order chi connectivity index (χ0) is 16.4. The van der Waals surface area contributed by atoms with Gasteiger partial charge in [0.2, 0.25) is 0 Å². The lowest BCUT2D eigenvalue weighted by Gasteiger charge is -2.24. The van der Waals surface area contributed by atoms with E-state index < -0.39 is 9.84 Å². The molecule has 1 fully saturated rings. The molecule has 1 aromatic heterocycles. The lowest BCUT2D eigenvalue weighted by Crippen LogP contribution is -2.30. The summed E-state index contributed by atoms with van der Waals surface area (Å²) in [5.74, 6) is 0.0336. The molecule has 2 heterocycles. The van der Waals surface area contributed by atoms with E-state index in [1.807, 2.05) is 10.3 Å². The van der Waals surface area contributed by atoms with E-state index >= 15 is 0 Å². The molecule has 4 nitrogen and oxygen atoms in total. The van der Waals surface area contributed by atoms with E-state index in [2.05, 4.69) is 11.4 Å². The number of benzene rings is 1. The van der Waals surface area contributed by atoms with Crippen molar-refractivity contribution in [3.8, 4) is 0 Å². The zero-order valence-corrected chi connectivity index (χ0v) is 14.6. The van der Waals surface area contributed by atoms with Crippen LogP contribution in [0.3, 0.4) is 0 Å². The van der Waals surface area contributed by atoms with Gasteiger partial charge >= 0.3 is 0 Å². The topological polar surface area (TPSA) is 54.5 Å². The standard InChI is InChI=1S/C17H19NO3S2/c1-2-23(20,21)15-7-5-13(6-8-15)17(19)18-10-3-4-16(18)14-9-11-22-12-14/h5-9,11-12,16H,2-4,10H2,1H3. The molecule has 0 bridgehead atoms. The van der Waals surface area contributed by atoms with Crippen LogP contribution in [-0.4, -0.2) is 31.5 Å². The summed E-state index contributed by atoms with van der Waals surface area (Å²) < 4.78 is 23.7. The maximum Gasteiger partial charge on any atom is 0.254 e. The lowest BCUT2D eigenvalue weighted by atomic mass is 10.1. The SMILES string of the molecule is CCS(=O)(=O)c1ccc(C(=O)N2CCCC2c2ccsc2)cc1. The smallest absolute Gasteiger partial charge is 0.254 e. The molecule has 1 aromatic carbocycles. The highest BCUT2D eigenvalue weighted by atomic mass is 32.2. The number of rotatable bonds is 4. The molecule has 2 aromatic rings. The van der Waals surface area contributed by atoms with Gasteiger partial charge in [-0.3, -0.25) is 4.79 Å². The maximum absolute atomic E-state index is 12.8. The number of hydrogen-bond donors (Lipinski definition) is 0. The molecule has 6 heteroatoms. The molecule has 0 spiro atoms. The fourth-order valence-corrected chi connectivity index (χ4v) is 4.55. The summed E-state index contributed by atoms with van der Waals surface area (Å²) in [6, 6.07) is 8.50. The second kappa shape index (κ2) is 6.45. The number of hydrogen-bond acceptors (Lipinski definition) is 4. The first-order valence-corrected chi connectivity index (χ1v) is 10.3. The predicted octanol–water partition coefficient (Wildman–Crippen LogP) is 3.52. The van der Waals surface area contributed by atoms with Gasteiger partial charge < -0.3 is 4.90 Å². The molecule has 122 valence electrons. The van der Waals surface area contributed by atoms with Gasteiger partial charge in [-0.1, -0.05) is 6.92 Å². The molecule has 0 saturated carbocycles. The largest absolute Gasteiger partial charge is 0.332 e. The van der Waals surface area contributed by atoms with E-state index in [9.17, 15) is 13.2 Å².